The van der Waals surface area contributed by atoms with Gasteiger partial charge in [0.05, 0.1) is 7.17 Å². The second kappa shape index (κ2) is 9.20. The van der Waals surface area contributed by atoms with Gasteiger partial charge < -0.3 is 0 Å². The van der Waals surface area contributed by atoms with Crippen molar-refractivity contribution in [2.75, 3.05) is 0 Å². The molecule has 0 spiro atoms. The Bertz CT molecular complexity index is 16.3. The van der Waals surface area contributed by atoms with Crippen LogP contribution in [0.4, 0.5) is 0 Å². The van der Waals surface area contributed by atoms with E-state index in [9.17, 15) is 0 Å². The summed E-state index contributed by atoms with van der Waals surface area (Å²) in [7, 11) is 8.42. The van der Waals surface area contributed by atoms with E-state index in [0.717, 1.165) is 6.32 Å². The SMILES string of the molecule is [B][B][B]CC.[Co]. The molecule has 0 unspecified atom stereocenters. The van der Waals surface area contributed by atoms with E-state index in [0.29, 0.717) is 0 Å². The van der Waals surface area contributed by atoms with Gasteiger partial charge in [0.25, 0.3) is 0 Å². The maximum absolute atomic E-state index is 4.96. The van der Waals surface area contributed by atoms with Crippen LogP contribution in [0.1, 0.15) is 6.92 Å². The first-order valence-corrected chi connectivity index (χ1v) is 1.78. The van der Waals surface area contributed by atoms with Crippen molar-refractivity contribution in [3.63, 3.8) is 0 Å². The summed E-state index contributed by atoms with van der Waals surface area (Å²) in [4.78, 5) is 0. The molecule has 0 fully saturated rings. The Morgan fingerprint density at radius 1 is 1.67 bits per heavy atom. The van der Waals surface area contributed by atoms with Crippen LogP contribution in [0.25, 0.3) is 0 Å². The largest absolute Gasteiger partial charge is 0.0923 e. The summed E-state index contributed by atoms with van der Waals surface area (Å²) in [5.74, 6) is 0. The molecule has 0 aromatic rings. The van der Waals surface area contributed by atoms with Gasteiger partial charge in [-0.1, -0.05) is 13.2 Å². The first kappa shape index (κ1) is 9.86. The Kier molecular flexibility index (Phi) is 15.1. The first-order chi connectivity index (χ1) is 2.41. The van der Waals surface area contributed by atoms with Crippen LogP contribution in [-0.2, 0) is 16.8 Å². The van der Waals surface area contributed by atoms with E-state index in [1.165, 1.54) is 0 Å². The maximum atomic E-state index is 4.96. The molecule has 0 nitrogen and oxygen atoms in total. The van der Waals surface area contributed by atoms with Crippen molar-refractivity contribution >= 4 is 22.0 Å². The van der Waals surface area contributed by atoms with Crippen LogP contribution < -0.4 is 0 Å². The number of rotatable bonds is 2. The fourth-order valence-electron chi connectivity index (χ4n) is 0.136. The van der Waals surface area contributed by atoms with Crippen LogP contribution in [0, 0.1) is 0 Å². The molecule has 0 aliphatic heterocycles. The molecule has 6 heavy (non-hydrogen) atoms. The number of hydrogen-bond donors (Lipinski definition) is 0. The zero-order valence-electron chi connectivity index (χ0n) is 3.77. The molecule has 0 aromatic carbocycles. The second-order valence-corrected chi connectivity index (χ2v) is 0.836. The van der Waals surface area contributed by atoms with E-state index in [-0.39, 0.29) is 16.8 Å². The Hall–Kier alpha value is 0.701. The summed E-state index contributed by atoms with van der Waals surface area (Å²) in [6.45, 7) is 2.04. The summed E-state index contributed by atoms with van der Waals surface area (Å²) in [6, 6.07) is 0. The fourth-order valence-corrected chi connectivity index (χ4v) is 0.136. The molecule has 0 saturated heterocycles. The molecule has 0 heterocycles. The third kappa shape index (κ3) is 8.83. The van der Waals surface area contributed by atoms with Gasteiger partial charge in [-0.25, -0.2) is 0 Å². The predicted octanol–water partition coefficient (Wildman–Crippen LogP) is -0.171. The average Bonchev–Trinajstić information content (AvgIpc) is 1.41. The molecule has 0 bridgehead atoms. The third-order valence-electron chi connectivity index (χ3n) is 0.372. The molecule has 0 aliphatic rings. The van der Waals surface area contributed by atoms with Crippen molar-refractivity contribution in [1.29, 1.82) is 0 Å². The van der Waals surface area contributed by atoms with Gasteiger partial charge in [0.2, 0.25) is 0 Å². The van der Waals surface area contributed by atoms with Crippen LogP contribution in [-0.4, -0.2) is 22.0 Å². The van der Waals surface area contributed by atoms with Crippen molar-refractivity contribution in [2.24, 2.45) is 0 Å². The monoisotopic (exact) mass is 121 g/mol. The first-order valence-electron chi connectivity index (χ1n) is 1.78. The summed E-state index contributed by atoms with van der Waals surface area (Å²) >= 11 is 0. The minimum Gasteiger partial charge on any atom is -0.0923 e. The van der Waals surface area contributed by atoms with Gasteiger partial charge in [0, 0.05) is 31.6 Å². The smallest absolute Gasteiger partial charge is 0.0541 e. The topological polar surface area (TPSA) is 0 Å². The Labute approximate surface area is 52.5 Å². The quantitative estimate of drug-likeness (QED) is 0.444. The Morgan fingerprint density at radius 2 is 2.17 bits per heavy atom. The third-order valence-corrected chi connectivity index (χ3v) is 0.372. The van der Waals surface area contributed by atoms with Crippen molar-refractivity contribution in [2.45, 2.75) is 13.2 Å². The van der Waals surface area contributed by atoms with Crippen LogP contribution in [0.5, 0.6) is 0 Å². The molecule has 4 heteroatoms. The van der Waals surface area contributed by atoms with E-state index in [4.69, 9.17) is 7.74 Å². The van der Waals surface area contributed by atoms with Crippen LogP contribution in [0.15, 0.2) is 0 Å². The average molecular weight is 120 g/mol. The van der Waals surface area contributed by atoms with E-state index >= 15 is 0 Å². The van der Waals surface area contributed by atoms with Gasteiger partial charge >= 0.3 is 0 Å². The van der Waals surface area contributed by atoms with E-state index in [2.05, 4.69) is 0 Å². The Morgan fingerprint density at radius 3 is 2.17 bits per heavy atom. The van der Waals surface area contributed by atoms with Crippen LogP contribution in [0.3, 0.4) is 0 Å². The van der Waals surface area contributed by atoms with Crippen LogP contribution in [0.2, 0.25) is 6.32 Å². The molecular formula is C2H5B3Co. The zero-order valence-corrected chi connectivity index (χ0v) is 4.81. The minimum absolute atomic E-state index is 0. The van der Waals surface area contributed by atoms with E-state index in [1.807, 2.05) is 14.1 Å². The minimum atomic E-state index is 0. The zero-order chi connectivity index (χ0) is 4.12. The molecule has 0 aliphatic carbocycles. The van der Waals surface area contributed by atoms with Gasteiger partial charge in [-0.3, -0.25) is 0 Å². The normalized spacial score (nSPS) is 5.50. The molecule has 5 radical (unpaired) electrons. The van der Waals surface area contributed by atoms with Crippen molar-refractivity contribution in [3.8, 4) is 0 Å². The van der Waals surface area contributed by atoms with Crippen molar-refractivity contribution in [1.82, 2.24) is 0 Å². The van der Waals surface area contributed by atoms with Crippen LogP contribution >= 0.6 is 0 Å². The molecule has 0 rings (SSSR count). The standard InChI is InChI=1S/C2H5B3.Co/c1-2-4-5-3;/h2H2,1H3;. The van der Waals surface area contributed by atoms with Gasteiger partial charge in [0.15, 0.2) is 0 Å². The van der Waals surface area contributed by atoms with Gasteiger partial charge in [0.1, 0.15) is 0 Å². The van der Waals surface area contributed by atoms with E-state index < -0.39 is 0 Å². The summed E-state index contributed by atoms with van der Waals surface area (Å²) in [6.07, 6.45) is 1.04. The van der Waals surface area contributed by atoms with E-state index in [1.54, 1.807) is 7.06 Å². The Balaban J connectivity index is 0. The summed E-state index contributed by atoms with van der Waals surface area (Å²) in [5.41, 5.74) is 0. The second-order valence-electron chi connectivity index (χ2n) is 0.836. The molecule has 0 amide bonds. The van der Waals surface area contributed by atoms with Crippen molar-refractivity contribution in [3.05, 3.63) is 0 Å². The molecule has 31 valence electrons. The molecule has 0 saturated carbocycles. The maximum Gasteiger partial charge on any atom is 0.0541 e. The molecular weight excluding hydrogens is 115 g/mol. The molecule has 0 atom stereocenters. The fraction of sp³-hybridized carbons (Fsp3) is 1.00. The van der Waals surface area contributed by atoms with Gasteiger partial charge in [-0.2, -0.15) is 0 Å². The summed E-state index contributed by atoms with van der Waals surface area (Å²) < 4.78 is 0. The predicted molar refractivity (Wildman–Crippen MR) is 27.7 cm³/mol. The molecule has 0 N–H and O–H groups in total. The molecule has 0 aromatic heterocycles. The van der Waals surface area contributed by atoms with Gasteiger partial charge in [-0.15, -0.1) is 0 Å². The van der Waals surface area contributed by atoms with Crippen molar-refractivity contribution < 1.29 is 16.8 Å². The summed E-state index contributed by atoms with van der Waals surface area (Å²) in [5, 5.41) is 0. The van der Waals surface area contributed by atoms with Gasteiger partial charge in [-0.05, 0) is 0 Å². The number of hydrogen-bond acceptors (Lipinski definition) is 0.